The number of nitrogens with zero attached hydrogens (tertiary/aromatic N) is 2. The van der Waals surface area contributed by atoms with Crippen molar-refractivity contribution < 1.29 is 0 Å². The van der Waals surface area contributed by atoms with Gasteiger partial charge in [0.15, 0.2) is 5.11 Å². The second-order valence-electron chi connectivity index (χ2n) is 5.70. The molecule has 1 aromatic rings. The number of hydrogen-bond donors (Lipinski definition) is 1. The minimum Gasteiger partial charge on any atom is -0.359 e. The fourth-order valence-electron chi connectivity index (χ4n) is 2.89. The van der Waals surface area contributed by atoms with Crippen molar-refractivity contribution in [2.75, 3.05) is 13.1 Å². The highest BCUT2D eigenvalue weighted by molar-refractivity contribution is 7.80. The van der Waals surface area contributed by atoms with Crippen LogP contribution in [0.2, 0.25) is 0 Å². The predicted molar refractivity (Wildman–Crippen MR) is 88.7 cm³/mol. The Morgan fingerprint density at radius 1 is 1.50 bits per heavy atom. The Morgan fingerprint density at radius 2 is 2.30 bits per heavy atom. The molecule has 110 valence electrons. The summed E-state index contributed by atoms with van der Waals surface area (Å²) in [5, 5.41) is 4.14. The van der Waals surface area contributed by atoms with Gasteiger partial charge in [-0.3, -0.25) is 0 Å². The van der Waals surface area contributed by atoms with Gasteiger partial charge in [-0.1, -0.05) is 13.0 Å². The third kappa shape index (κ3) is 3.42. The zero-order valence-electron chi connectivity index (χ0n) is 12.5. The summed E-state index contributed by atoms with van der Waals surface area (Å²) in [7, 11) is 2.11. The molecule has 0 saturated carbocycles. The van der Waals surface area contributed by atoms with Crippen LogP contribution < -0.4 is 5.32 Å². The van der Waals surface area contributed by atoms with Gasteiger partial charge in [-0.2, -0.15) is 0 Å². The third-order valence-electron chi connectivity index (χ3n) is 4.16. The molecule has 1 aliphatic heterocycles. The second-order valence-corrected chi connectivity index (χ2v) is 6.09. The van der Waals surface area contributed by atoms with Gasteiger partial charge in [-0.15, -0.1) is 6.58 Å². The van der Waals surface area contributed by atoms with E-state index in [0.29, 0.717) is 6.04 Å². The van der Waals surface area contributed by atoms with Crippen LogP contribution in [0.25, 0.3) is 0 Å². The Morgan fingerprint density at radius 3 is 2.95 bits per heavy atom. The van der Waals surface area contributed by atoms with Crippen molar-refractivity contribution in [1.29, 1.82) is 0 Å². The van der Waals surface area contributed by atoms with Gasteiger partial charge in [0.1, 0.15) is 0 Å². The quantitative estimate of drug-likeness (QED) is 0.682. The molecule has 3 nitrogen and oxygen atoms in total. The highest BCUT2D eigenvalue weighted by Crippen LogP contribution is 2.32. The Kier molecular flexibility index (Phi) is 5.24. The van der Waals surface area contributed by atoms with Crippen LogP contribution in [0.4, 0.5) is 0 Å². The predicted octanol–water partition coefficient (Wildman–Crippen LogP) is 3.25. The van der Waals surface area contributed by atoms with Crippen molar-refractivity contribution in [1.82, 2.24) is 14.8 Å². The zero-order chi connectivity index (χ0) is 14.5. The number of aromatic nitrogens is 1. The molecule has 4 heteroatoms. The maximum absolute atomic E-state index is 5.59. The van der Waals surface area contributed by atoms with Crippen LogP contribution in [-0.4, -0.2) is 27.7 Å². The Bertz CT molecular complexity index is 466. The molecule has 20 heavy (non-hydrogen) atoms. The van der Waals surface area contributed by atoms with E-state index in [1.807, 2.05) is 6.08 Å². The van der Waals surface area contributed by atoms with Gasteiger partial charge in [0, 0.05) is 32.0 Å². The summed E-state index contributed by atoms with van der Waals surface area (Å²) in [4.78, 5) is 2.36. The molecule has 1 aromatic heterocycles. The first-order valence-corrected chi connectivity index (χ1v) is 7.81. The van der Waals surface area contributed by atoms with E-state index in [4.69, 9.17) is 12.2 Å². The molecule has 0 unspecified atom stereocenters. The van der Waals surface area contributed by atoms with Crippen LogP contribution in [0, 0.1) is 5.92 Å². The van der Waals surface area contributed by atoms with Crippen molar-refractivity contribution in [2.24, 2.45) is 13.0 Å². The molecule has 2 heterocycles. The Labute approximate surface area is 127 Å². The lowest BCUT2D eigenvalue weighted by Crippen LogP contribution is -2.42. The van der Waals surface area contributed by atoms with E-state index in [-0.39, 0.29) is 0 Å². The maximum atomic E-state index is 5.59. The largest absolute Gasteiger partial charge is 0.359 e. The van der Waals surface area contributed by atoms with E-state index < -0.39 is 0 Å². The summed E-state index contributed by atoms with van der Waals surface area (Å²) in [6, 6.07) is 4.70. The second kappa shape index (κ2) is 6.93. The molecule has 2 atom stereocenters. The fourth-order valence-corrected chi connectivity index (χ4v) is 3.19. The van der Waals surface area contributed by atoms with Crippen LogP contribution in [-0.2, 0) is 7.05 Å². The molecular formula is C16H25N3S. The van der Waals surface area contributed by atoms with Gasteiger partial charge >= 0.3 is 0 Å². The van der Waals surface area contributed by atoms with Gasteiger partial charge in [-0.25, -0.2) is 0 Å². The van der Waals surface area contributed by atoms with E-state index in [0.717, 1.165) is 30.5 Å². The van der Waals surface area contributed by atoms with Crippen LogP contribution in [0.1, 0.15) is 37.9 Å². The van der Waals surface area contributed by atoms with Crippen molar-refractivity contribution in [3.63, 3.8) is 0 Å². The molecule has 0 bridgehead atoms. The molecule has 2 rings (SSSR count). The fraction of sp³-hybridized carbons (Fsp3) is 0.562. The summed E-state index contributed by atoms with van der Waals surface area (Å²) >= 11 is 5.59. The molecular weight excluding hydrogens is 266 g/mol. The number of rotatable bonds is 3. The van der Waals surface area contributed by atoms with E-state index in [1.54, 1.807) is 0 Å². The number of likely N-dealkylation sites (tertiary alicyclic amines) is 1. The molecule has 0 spiro atoms. The average molecular weight is 291 g/mol. The molecule has 0 aromatic carbocycles. The highest BCUT2D eigenvalue weighted by Gasteiger charge is 2.27. The van der Waals surface area contributed by atoms with Gasteiger partial charge < -0.3 is 14.8 Å². The summed E-state index contributed by atoms with van der Waals surface area (Å²) in [6.45, 7) is 7.84. The van der Waals surface area contributed by atoms with Crippen molar-refractivity contribution in [3.05, 3.63) is 36.7 Å². The summed E-state index contributed by atoms with van der Waals surface area (Å²) in [5.41, 5.74) is 1.35. The summed E-state index contributed by atoms with van der Waals surface area (Å²) in [5.74, 6) is 0.768. The lowest BCUT2D eigenvalue weighted by molar-refractivity contribution is 0.307. The minimum atomic E-state index is 0.379. The summed E-state index contributed by atoms with van der Waals surface area (Å²) < 4.78 is 2.21. The van der Waals surface area contributed by atoms with E-state index in [2.05, 4.69) is 53.7 Å². The minimum absolute atomic E-state index is 0.379. The van der Waals surface area contributed by atoms with E-state index in [1.165, 1.54) is 18.5 Å². The first-order chi connectivity index (χ1) is 9.63. The normalized spacial score (nSPS) is 23.2. The summed E-state index contributed by atoms with van der Waals surface area (Å²) in [6.07, 6.45) is 7.59. The first-order valence-electron chi connectivity index (χ1n) is 7.40. The van der Waals surface area contributed by atoms with Crippen molar-refractivity contribution in [3.8, 4) is 0 Å². The molecule has 0 radical (unpaired) electrons. The SMILES string of the molecule is C=CCNC(=S)N1CC[C@@H](C)CC[C@@H]1c1cccn1C. The molecule has 1 fully saturated rings. The Hall–Kier alpha value is -1.29. The maximum Gasteiger partial charge on any atom is 0.169 e. The standard InChI is InChI=1S/C16H25N3S/c1-4-10-17-16(20)19-12-9-13(2)7-8-15(19)14-6-5-11-18(14)3/h4-6,11,13,15H,1,7-10,12H2,2-3H3,(H,17,20)/t13-,15+/m0/s1. The van der Waals surface area contributed by atoms with Crippen LogP contribution in [0.15, 0.2) is 31.0 Å². The topological polar surface area (TPSA) is 20.2 Å². The molecule has 1 saturated heterocycles. The number of nitrogens with one attached hydrogen (secondary N) is 1. The Balaban J connectivity index is 2.21. The van der Waals surface area contributed by atoms with E-state index in [9.17, 15) is 0 Å². The molecule has 0 aliphatic carbocycles. The molecule has 0 amide bonds. The van der Waals surface area contributed by atoms with Gasteiger partial charge in [-0.05, 0) is 49.5 Å². The smallest absolute Gasteiger partial charge is 0.169 e. The van der Waals surface area contributed by atoms with Crippen molar-refractivity contribution >= 4 is 17.3 Å². The monoisotopic (exact) mass is 291 g/mol. The van der Waals surface area contributed by atoms with Gasteiger partial charge in [0.05, 0.1) is 6.04 Å². The van der Waals surface area contributed by atoms with Crippen molar-refractivity contribution in [2.45, 2.75) is 32.2 Å². The molecule has 1 N–H and O–H groups in total. The number of thiocarbonyl (C=S) groups is 1. The lowest BCUT2D eigenvalue weighted by atomic mass is 10.0. The van der Waals surface area contributed by atoms with Crippen LogP contribution >= 0.6 is 12.2 Å². The van der Waals surface area contributed by atoms with E-state index >= 15 is 0 Å². The zero-order valence-corrected chi connectivity index (χ0v) is 13.3. The number of hydrogen-bond acceptors (Lipinski definition) is 1. The van der Waals surface area contributed by atoms with Crippen LogP contribution in [0.5, 0.6) is 0 Å². The third-order valence-corrected chi connectivity index (χ3v) is 4.53. The lowest BCUT2D eigenvalue weighted by Gasteiger charge is -2.32. The van der Waals surface area contributed by atoms with Gasteiger partial charge in [0.25, 0.3) is 0 Å². The van der Waals surface area contributed by atoms with Gasteiger partial charge in [0.2, 0.25) is 0 Å². The number of aryl methyl sites for hydroxylation is 1. The average Bonchev–Trinajstić information content (AvgIpc) is 2.75. The van der Waals surface area contributed by atoms with Crippen LogP contribution in [0.3, 0.4) is 0 Å². The first kappa shape index (κ1) is 15.1. The highest BCUT2D eigenvalue weighted by atomic mass is 32.1. The molecule has 1 aliphatic rings.